The molecule has 0 saturated carbocycles. The highest BCUT2D eigenvalue weighted by Crippen LogP contribution is 2.23. The first-order chi connectivity index (χ1) is 8.54. The van der Waals surface area contributed by atoms with Crippen LogP contribution >= 0.6 is 11.6 Å². The smallest absolute Gasteiger partial charge is 0.0850 e. The summed E-state index contributed by atoms with van der Waals surface area (Å²) in [4.78, 5) is 0. The first-order valence-electron chi connectivity index (χ1n) is 6.66. The van der Waals surface area contributed by atoms with Gasteiger partial charge in [0.05, 0.1) is 22.5 Å². The average Bonchev–Trinajstić information content (AvgIpc) is 2.66. The maximum atomic E-state index is 6.35. The molecule has 0 aromatic carbocycles. The third-order valence-corrected chi connectivity index (χ3v) is 3.59. The van der Waals surface area contributed by atoms with Crippen LogP contribution in [-0.4, -0.2) is 28.5 Å². The summed E-state index contributed by atoms with van der Waals surface area (Å²) in [5.41, 5.74) is 8.13. The quantitative estimate of drug-likeness (QED) is 0.830. The van der Waals surface area contributed by atoms with E-state index in [1.165, 1.54) is 0 Å². The lowest BCUT2D eigenvalue weighted by Crippen LogP contribution is -2.37. The molecule has 0 spiro atoms. The van der Waals surface area contributed by atoms with Crippen LogP contribution in [0.1, 0.15) is 39.1 Å². The van der Waals surface area contributed by atoms with Crippen molar-refractivity contribution in [2.45, 2.75) is 59.2 Å². The standard InChI is InChI=1S/C13H24ClN3O/c1-5-11-13(14)12(17(6-2)16-11)8-10(15)9(4)18-7-3/h9-10H,5-8,15H2,1-4H3. The van der Waals surface area contributed by atoms with E-state index >= 15 is 0 Å². The first-order valence-corrected chi connectivity index (χ1v) is 7.04. The summed E-state index contributed by atoms with van der Waals surface area (Å²) in [5.74, 6) is 0. The summed E-state index contributed by atoms with van der Waals surface area (Å²) in [6, 6.07) is -0.0610. The highest BCUT2D eigenvalue weighted by atomic mass is 35.5. The Morgan fingerprint density at radius 3 is 2.56 bits per heavy atom. The van der Waals surface area contributed by atoms with Crippen LogP contribution < -0.4 is 5.73 Å². The van der Waals surface area contributed by atoms with Gasteiger partial charge in [0.25, 0.3) is 0 Å². The molecule has 0 radical (unpaired) electrons. The van der Waals surface area contributed by atoms with E-state index < -0.39 is 0 Å². The highest BCUT2D eigenvalue weighted by Gasteiger charge is 2.20. The fourth-order valence-electron chi connectivity index (χ4n) is 1.99. The molecule has 0 amide bonds. The molecule has 2 N–H and O–H groups in total. The number of rotatable bonds is 7. The predicted molar refractivity (Wildman–Crippen MR) is 75.1 cm³/mol. The minimum absolute atomic E-state index is 0.0244. The van der Waals surface area contributed by atoms with Crippen molar-refractivity contribution in [2.24, 2.45) is 5.73 Å². The Labute approximate surface area is 114 Å². The topological polar surface area (TPSA) is 53.1 Å². The molecule has 0 aliphatic heterocycles. The van der Waals surface area contributed by atoms with Crippen LogP contribution in [0, 0.1) is 0 Å². The molecule has 0 fully saturated rings. The number of nitrogens with zero attached hydrogens (tertiary/aromatic N) is 2. The number of hydrogen-bond donors (Lipinski definition) is 1. The number of halogens is 1. The van der Waals surface area contributed by atoms with Crippen molar-refractivity contribution in [3.8, 4) is 0 Å². The van der Waals surface area contributed by atoms with Gasteiger partial charge in [0.2, 0.25) is 0 Å². The van der Waals surface area contributed by atoms with E-state index in [0.717, 1.165) is 29.4 Å². The highest BCUT2D eigenvalue weighted by molar-refractivity contribution is 6.31. The molecule has 0 saturated heterocycles. The van der Waals surface area contributed by atoms with Crippen LogP contribution in [0.5, 0.6) is 0 Å². The van der Waals surface area contributed by atoms with Gasteiger partial charge in [-0.25, -0.2) is 0 Å². The molecule has 1 rings (SSSR count). The minimum atomic E-state index is -0.0610. The van der Waals surface area contributed by atoms with Crippen molar-refractivity contribution >= 4 is 11.6 Å². The molecule has 2 unspecified atom stereocenters. The predicted octanol–water partition coefficient (Wildman–Crippen LogP) is 2.41. The van der Waals surface area contributed by atoms with Crippen LogP contribution in [0.15, 0.2) is 0 Å². The molecule has 4 nitrogen and oxygen atoms in total. The van der Waals surface area contributed by atoms with Gasteiger partial charge in [-0.3, -0.25) is 4.68 Å². The Morgan fingerprint density at radius 2 is 2.06 bits per heavy atom. The second kappa shape index (κ2) is 7.12. The zero-order valence-corrected chi connectivity index (χ0v) is 12.5. The monoisotopic (exact) mass is 273 g/mol. The Morgan fingerprint density at radius 1 is 1.39 bits per heavy atom. The number of aryl methyl sites for hydroxylation is 2. The third-order valence-electron chi connectivity index (χ3n) is 3.16. The van der Waals surface area contributed by atoms with Gasteiger partial charge in [0.15, 0.2) is 0 Å². The molecule has 1 aromatic rings. The van der Waals surface area contributed by atoms with Crippen molar-refractivity contribution in [2.75, 3.05) is 6.61 Å². The van der Waals surface area contributed by atoms with Crippen LogP contribution in [0.4, 0.5) is 0 Å². The SMILES string of the molecule is CCOC(C)C(N)Cc1c(Cl)c(CC)nn1CC. The lowest BCUT2D eigenvalue weighted by Gasteiger charge is -2.20. The first kappa shape index (κ1) is 15.5. The molecular formula is C13H24ClN3O. The molecule has 0 aliphatic rings. The molecule has 1 aromatic heterocycles. The molecule has 0 aliphatic carbocycles. The fourth-order valence-corrected chi connectivity index (χ4v) is 2.33. The normalized spacial score (nSPS) is 14.8. The van der Waals surface area contributed by atoms with Gasteiger partial charge in [0, 0.05) is 25.6 Å². The lowest BCUT2D eigenvalue weighted by atomic mass is 10.1. The van der Waals surface area contributed by atoms with Gasteiger partial charge >= 0.3 is 0 Å². The zero-order chi connectivity index (χ0) is 13.7. The van der Waals surface area contributed by atoms with E-state index in [9.17, 15) is 0 Å². The summed E-state index contributed by atoms with van der Waals surface area (Å²) >= 11 is 6.35. The maximum Gasteiger partial charge on any atom is 0.0850 e. The van der Waals surface area contributed by atoms with Crippen molar-refractivity contribution in [3.63, 3.8) is 0 Å². The Kier molecular flexibility index (Phi) is 6.12. The van der Waals surface area contributed by atoms with E-state index in [-0.39, 0.29) is 12.1 Å². The van der Waals surface area contributed by atoms with Crippen molar-refractivity contribution < 1.29 is 4.74 Å². The number of ether oxygens (including phenoxy) is 1. The van der Waals surface area contributed by atoms with Gasteiger partial charge in [-0.05, 0) is 27.2 Å². The van der Waals surface area contributed by atoms with Crippen LogP contribution in [0.2, 0.25) is 5.02 Å². The van der Waals surface area contributed by atoms with E-state index in [4.69, 9.17) is 22.1 Å². The lowest BCUT2D eigenvalue weighted by molar-refractivity contribution is 0.0572. The average molecular weight is 274 g/mol. The van der Waals surface area contributed by atoms with Gasteiger partial charge in [-0.1, -0.05) is 18.5 Å². The number of aromatic nitrogens is 2. The Balaban J connectivity index is 2.85. The van der Waals surface area contributed by atoms with E-state index in [1.807, 2.05) is 18.5 Å². The van der Waals surface area contributed by atoms with Crippen LogP contribution in [-0.2, 0) is 24.1 Å². The largest absolute Gasteiger partial charge is 0.377 e. The summed E-state index contributed by atoms with van der Waals surface area (Å²) < 4.78 is 7.47. The Hall–Kier alpha value is -0.580. The summed E-state index contributed by atoms with van der Waals surface area (Å²) in [6.45, 7) is 9.57. The van der Waals surface area contributed by atoms with Gasteiger partial charge < -0.3 is 10.5 Å². The second-order valence-corrected chi connectivity index (χ2v) is 4.78. The third kappa shape index (κ3) is 3.46. The summed E-state index contributed by atoms with van der Waals surface area (Å²) in [7, 11) is 0. The zero-order valence-electron chi connectivity index (χ0n) is 11.7. The minimum Gasteiger partial charge on any atom is -0.377 e. The number of nitrogens with two attached hydrogens (primary N) is 1. The molecule has 1 heterocycles. The summed E-state index contributed by atoms with van der Waals surface area (Å²) in [6.07, 6.45) is 1.56. The fraction of sp³-hybridized carbons (Fsp3) is 0.769. The molecule has 5 heteroatoms. The van der Waals surface area contributed by atoms with Crippen molar-refractivity contribution in [1.29, 1.82) is 0 Å². The van der Waals surface area contributed by atoms with E-state index in [1.54, 1.807) is 0 Å². The molecular weight excluding hydrogens is 250 g/mol. The van der Waals surface area contributed by atoms with Gasteiger partial charge in [-0.2, -0.15) is 5.10 Å². The molecule has 104 valence electrons. The molecule has 2 atom stereocenters. The van der Waals surface area contributed by atoms with E-state index in [0.29, 0.717) is 13.0 Å². The number of hydrogen-bond acceptors (Lipinski definition) is 3. The molecule has 18 heavy (non-hydrogen) atoms. The Bertz CT molecular complexity index is 379. The van der Waals surface area contributed by atoms with Crippen molar-refractivity contribution in [3.05, 3.63) is 16.4 Å². The second-order valence-electron chi connectivity index (χ2n) is 4.41. The molecule has 0 bridgehead atoms. The van der Waals surface area contributed by atoms with Gasteiger partial charge in [-0.15, -0.1) is 0 Å². The summed E-state index contributed by atoms with van der Waals surface area (Å²) in [5, 5.41) is 5.26. The van der Waals surface area contributed by atoms with Crippen LogP contribution in [0.3, 0.4) is 0 Å². The van der Waals surface area contributed by atoms with Gasteiger partial charge in [0.1, 0.15) is 0 Å². The van der Waals surface area contributed by atoms with E-state index in [2.05, 4.69) is 18.9 Å². The van der Waals surface area contributed by atoms with Crippen molar-refractivity contribution in [1.82, 2.24) is 9.78 Å². The van der Waals surface area contributed by atoms with Crippen LogP contribution in [0.25, 0.3) is 0 Å². The maximum absolute atomic E-state index is 6.35.